The SMILES string of the molecule is Cc1ccc(NC(=O)CCC(=O)NNC(=O)C=CC(=O)O)c(C)c1. The van der Waals surface area contributed by atoms with E-state index in [4.69, 9.17) is 5.11 Å². The molecule has 3 amide bonds. The number of carbonyl (C=O) groups excluding carboxylic acids is 3. The number of nitrogens with one attached hydrogen (secondary N) is 3. The van der Waals surface area contributed by atoms with Gasteiger partial charge in [0.2, 0.25) is 11.8 Å². The first-order valence-electron chi connectivity index (χ1n) is 7.15. The highest BCUT2D eigenvalue weighted by molar-refractivity contribution is 5.96. The molecule has 8 heteroatoms. The molecule has 1 rings (SSSR count). The second kappa shape index (κ2) is 9.09. The smallest absolute Gasteiger partial charge is 0.328 e. The molecule has 0 atom stereocenters. The highest BCUT2D eigenvalue weighted by Gasteiger charge is 2.09. The monoisotopic (exact) mass is 333 g/mol. The van der Waals surface area contributed by atoms with Crippen molar-refractivity contribution in [1.82, 2.24) is 10.9 Å². The van der Waals surface area contributed by atoms with Crippen LogP contribution in [0, 0.1) is 13.8 Å². The number of carboxylic acids is 1. The van der Waals surface area contributed by atoms with E-state index in [2.05, 4.69) is 10.7 Å². The lowest BCUT2D eigenvalue weighted by Gasteiger charge is -2.09. The summed E-state index contributed by atoms with van der Waals surface area (Å²) >= 11 is 0. The molecule has 0 unspecified atom stereocenters. The average molecular weight is 333 g/mol. The normalized spacial score (nSPS) is 10.2. The summed E-state index contributed by atoms with van der Waals surface area (Å²) in [5.74, 6) is -2.96. The van der Waals surface area contributed by atoms with Gasteiger partial charge in [0.15, 0.2) is 0 Å². The van der Waals surface area contributed by atoms with Gasteiger partial charge in [-0.3, -0.25) is 25.2 Å². The van der Waals surface area contributed by atoms with Crippen molar-refractivity contribution in [3.05, 3.63) is 41.5 Å². The lowest BCUT2D eigenvalue weighted by molar-refractivity contribution is -0.131. The van der Waals surface area contributed by atoms with Crippen LogP contribution in [0.25, 0.3) is 0 Å². The third-order valence-electron chi connectivity index (χ3n) is 2.94. The summed E-state index contributed by atoms with van der Waals surface area (Å²) in [5.41, 5.74) is 6.77. The predicted octanol–water partition coefficient (Wildman–Crippen LogP) is 0.810. The first-order chi connectivity index (χ1) is 11.3. The van der Waals surface area contributed by atoms with E-state index in [9.17, 15) is 19.2 Å². The van der Waals surface area contributed by atoms with Crippen LogP contribution in [0.3, 0.4) is 0 Å². The fourth-order valence-electron chi connectivity index (χ4n) is 1.78. The Bertz CT molecular complexity index is 682. The van der Waals surface area contributed by atoms with Gasteiger partial charge in [-0.15, -0.1) is 0 Å². The van der Waals surface area contributed by atoms with E-state index in [1.54, 1.807) is 6.07 Å². The topological polar surface area (TPSA) is 125 Å². The van der Waals surface area contributed by atoms with E-state index in [0.29, 0.717) is 11.8 Å². The number of rotatable bonds is 6. The van der Waals surface area contributed by atoms with Crippen LogP contribution < -0.4 is 16.2 Å². The van der Waals surface area contributed by atoms with E-state index in [0.717, 1.165) is 17.2 Å². The number of hydrogen-bond acceptors (Lipinski definition) is 4. The molecular weight excluding hydrogens is 314 g/mol. The molecule has 0 bridgehead atoms. The minimum absolute atomic E-state index is 0.0556. The van der Waals surface area contributed by atoms with Crippen LogP contribution in [0.5, 0.6) is 0 Å². The standard InChI is InChI=1S/C16H19N3O5/c1-10-3-4-12(11(2)9-10)17-13(20)5-6-14(21)18-19-15(22)7-8-16(23)24/h3-4,7-9H,5-6H2,1-2H3,(H,17,20)(H,18,21)(H,19,22)(H,23,24). The molecule has 1 aromatic rings. The second-order valence-corrected chi connectivity index (χ2v) is 5.08. The number of aliphatic carboxylic acids is 1. The van der Waals surface area contributed by atoms with Gasteiger partial charge in [-0.25, -0.2) is 4.79 Å². The Hall–Kier alpha value is -3.16. The quantitative estimate of drug-likeness (QED) is 0.453. The Morgan fingerprint density at radius 3 is 2.29 bits per heavy atom. The van der Waals surface area contributed by atoms with Crippen molar-refractivity contribution in [2.75, 3.05) is 5.32 Å². The molecule has 24 heavy (non-hydrogen) atoms. The lowest BCUT2D eigenvalue weighted by atomic mass is 10.1. The summed E-state index contributed by atoms with van der Waals surface area (Å²) < 4.78 is 0. The van der Waals surface area contributed by atoms with Crippen LogP contribution in [0.4, 0.5) is 5.69 Å². The molecule has 128 valence electrons. The van der Waals surface area contributed by atoms with E-state index >= 15 is 0 Å². The Labute approximate surface area is 138 Å². The highest BCUT2D eigenvalue weighted by Crippen LogP contribution is 2.16. The maximum Gasteiger partial charge on any atom is 0.328 e. The molecule has 0 saturated carbocycles. The maximum absolute atomic E-state index is 11.8. The maximum atomic E-state index is 11.8. The van der Waals surface area contributed by atoms with Crippen molar-refractivity contribution in [3.8, 4) is 0 Å². The minimum atomic E-state index is -1.28. The number of aryl methyl sites for hydroxylation is 2. The molecule has 0 aromatic heterocycles. The number of benzene rings is 1. The average Bonchev–Trinajstić information content (AvgIpc) is 2.51. The van der Waals surface area contributed by atoms with Gasteiger partial charge in [-0.05, 0) is 25.5 Å². The molecule has 0 aliphatic carbocycles. The molecule has 0 aliphatic heterocycles. The van der Waals surface area contributed by atoms with Gasteiger partial charge in [0.05, 0.1) is 0 Å². The number of anilines is 1. The van der Waals surface area contributed by atoms with Crippen molar-refractivity contribution in [2.45, 2.75) is 26.7 Å². The van der Waals surface area contributed by atoms with Gasteiger partial charge in [0.1, 0.15) is 0 Å². The summed E-state index contributed by atoms with van der Waals surface area (Å²) in [5, 5.41) is 11.0. The zero-order valence-electron chi connectivity index (χ0n) is 13.4. The Kier molecular flexibility index (Phi) is 7.15. The van der Waals surface area contributed by atoms with Crippen molar-refractivity contribution in [3.63, 3.8) is 0 Å². The van der Waals surface area contributed by atoms with E-state index in [-0.39, 0.29) is 18.7 Å². The summed E-state index contributed by atoms with van der Waals surface area (Å²) in [6.45, 7) is 3.82. The van der Waals surface area contributed by atoms with E-state index in [1.807, 2.05) is 31.4 Å². The van der Waals surface area contributed by atoms with Crippen LogP contribution >= 0.6 is 0 Å². The fraction of sp³-hybridized carbons (Fsp3) is 0.250. The highest BCUT2D eigenvalue weighted by atomic mass is 16.4. The van der Waals surface area contributed by atoms with E-state index in [1.165, 1.54) is 0 Å². The molecule has 0 radical (unpaired) electrons. The Balaban J connectivity index is 2.34. The number of carboxylic acid groups (broad SMARTS) is 1. The van der Waals surface area contributed by atoms with Crippen molar-refractivity contribution >= 4 is 29.4 Å². The zero-order chi connectivity index (χ0) is 18.1. The minimum Gasteiger partial charge on any atom is -0.478 e. The van der Waals surface area contributed by atoms with Crippen LogP contribution in [-0.4, -0.2) is 28.8 Å². The Morgan fingerprint density at radius 1 is 1.00 bits per heavy atom. The number of hydrogen-bond donors (Lipinski definition) is 4. The fourth-order valence-corrected chi connectivity index (χ4v) is 1.78. The first kappa shape index (κ1) is 18.9. The third kappa shape index (κ3) is 7.21. The van der Waals surface area contributed by atoms with Gasteiger partial charge >= 0.3 is 5.97 Å². The molecule has 8 nitrogen and oxygen atoms in total. The number of hydrazine groups is 1. The molecule has 4 N–H and O–H groups in total. The van der Waals surface area contributed by atoms with Gasteiger partial charge < -0.3 is 10.4 Å². The third-order valence-corrected chi connectivity index (χ3v) is 2.94. The molecule has 0 heterocycles. The first-order valence-corrected chi connectivity index (χ1v) is 7.15. The van der Waals surface area contributed by atoms with Crippen LogP contribution in [0.2, 0.25) is 0 Å². The molecule has 0 saturated heterocycles. The summed E-state index contributed by atoms with van der Waals surface area (Å²) in [6, 6.07) is 5.59. The molecule has 0 fully saturated rings. The zero-order valence-corrected chi connectivity index (χ0v) is 13.4. The molecule has 1 aromatic carbocycles. The molecular formula is C16H19N3O5. The molecule has 0 spiro atoms. The van der Waals surface area contributed by atoms with Crippen LogP contribution in [-0.2, 0) is 19.2 Å². The number of amides is 3. The summed E-state index contributed by atoms with van der Waals surface area (Å²) in [6.07, 6.45) is 1.22. The Morgan fingerprint density at radius 2 is 1.67 bits per heavy atom. The van der Waals surface area contributed by atoms with Crippen molar-refractivity contribution < 1.29 is 24.3 Å². The largest absolute Gasteiger partial charge is 0.478 e. The van der Waals surface area contributed by atoms with Crippen molar-refractivity contribution in [1.29, 1.82) is 0 Å². The van der Waals surface area contributed by atoms with Gasteiger partial charge in [0.25, 0.3) is 5.91 Å². The summed E-state index contributed by atoms with van der Waals surface area (Å²) in [7, 11) is 0. The molecule has 0 aliphatic rings. The van der Waals surface area contributed by atoms with Gasteiger partial charge in [-0.1, -0.05) is 17.7 Å². The van der Waals surface area contributed by atoms with Gasteiger partial charge in [-0.2, -0.15) is 0 Å². The van der Waals surface area contributed by atoms with E-state index < -0.39 is 17.8 Å². The van der Waals surface area contributed by atoms with Gasteiger partial charge in [0, 0.05) is 30.7 Å². The van der Waals surface area contributed by atoms with Crippen LogP contribution in [0.1, 0.15) is 24.0 Å². The number of carbonyl (C=O) groups is 4. The van der Waals surface area contributed by atoms with Crippen LogP contribution in [0.15, 0.2) is 30.4 Å². The van der Waals surface area contributed by atoms with Crippen molar-refractivity contribution in [2.24, 2.45) is 0 Å². The predicted molar refractivity (Wildman–Crippen MR) is 86.8 cm³/mol. The second-order valence-electron chi connectivity index (χ2n) is 5.08. The summed E-state index contributed by atoms with van der Waals surface area (Å²) in [4.78, 5) is 44.7. The lowest BCUT2D eigenvalue weighted by Crippen LogP contribution is -2.41.